The van der Waals surface area contributed by atoms with Crippen molar-refractivity contribution in [2.45, 2.75) is 13.5 Å². The van der Waals surface area contributed by atoms with E-state index in [1.807, 2.05) is 51.2 Å². The molecule has 1 N–H and O–H groups in total. The average molecular weight is 339 g/mol. The molecule has 7 heteroatoms. The summed E-state index contributed by atoms with van der Waals surface area (Å²) in [6.45, 7) is 2.39. The molecule has 0 aliphatic heterocycles. The zero-order valence-corrected chi connectivity index (χ0v) is 14.2. The first-order valence-corrected chi connectivity index (χ1v) is 7.92. The third kappa shape index (κ3) is 3.66. The predicted octanol–water partition coefficient (Wildman–Crippen LogP) is 1.65. The molecular weight excluding hydrogens is 322 g/mol. The molecule has 2 heterocycles. The number of anilines is 2. The summed E-state index contributed by atoms with van der Waals surface area (Å²) >= 11 is 6.09. The summed E-state index contributed by atoms with van der Waals surface area (Å²) in [6.07, 6.45) is 3.28. The van der Waals surface area contributed by atoms with Crippen LogP contribution in [0.25, 0.3) is 0 Å². The lowest BCUT2D eigenvalue weighted by Gasteiger charge is -2.11. The van der Waals surface area contributed by atoms with E-state index in [9.17, 15) is 4.79 Å². The molecule has 3 rings (SSSR count). The second kappa shape index (κ2) is 6.89. The highest BCUT2D eigenvalue weighted by atomic mass is 35.5. The minimum Gasteiger partial charge on any atom is -0.321 e. The molecule has 3 aromatic rings. The standard InChI is InChI=1S/C17H16BClN4O/c1-11-7-13(18)15(20-8-11)22-16-17(24)23(10-14(19)21-16)9-12-5-3-2-4-6-12/h2-8,10H,9,18H2,1H3,(H,20,21,22). The molecule has 120 valence electrons. The predicted molar refractivity (Wildman–Crippen MR) is 99.5 cm³/mol. The van der Waals surface area contributed by atoms with Crippen molar-refractivity contribution in [2.75, 3.05) is 5.32 Å². The van der Waals surface area contributed by atoms with Gasteiger partial charge in [0, 0.05) is 12.4 Å². The normalized spacial score (nSPS) is 10.6. The molecule has 2 aromatic heterocycles. The molecule has 0 bridgehead atoms. The van der Waals surface area contributed by atoms with Gasteiger partial charge in [-0.2, -0.15) is 0 Å². The van der Waals surface area contributed by atoms with Crippen LogP contribution in [0.5, 0.6) is 0 Å². The van der Waals surface area contributed by atoms with Crippen molar-refractivity contribution in [3.63, 3.8) is 0 Å². The van der Waals surface area contributed by atoms with Gasteiger partial charge >= 0.3 is 0 Å². The van der Waals surface area contributed by atoms with Gasteiger partial charge in [-0.05, 0) is 23.5 Å². The fourth-order valence-corrected chi connectivity index (χ4v) is 2.65. The van der Waals surface area contributed by atoms with E-state index in [1.165, 1.54) is 10.8 Å². The molecule has 1 aromatic carbocycles. The second-order valence-electron chi connectivity index (χ2n) is 5.63. The Labute approximate surface area is 145 Å². The molecule has 0 atom stereocenters. The zero-order valence-electron chi connectivity index (χ0n) is 13.5. The Morgan fingerprint density at radius 3 is 2.71 bits per heavy atom. The van der Waals surface area contributed by atoms with E-state index in [2.05, 4.69) is 15.3 Å². The average Bonchev–Trinajstić information content (AvgIpc) is 2.55. The van der Waals surface area contributed by atoms with Crippen LogP contribution in [0.3, 0.4) is 0 Å². The number of nitrogens with zero attached hydrogens (tertiary/aromatic N) is 3. The minimum atomic E-state index is -0.245. The maximum absolute atomic E-state index is 12.7. The SMILES string of the molecule is Bc1cc(C)cnc1Nc1nc(Cl)cn(Cc2ccccc2)c1=O. The van der Waals surface area contributed by atoms with Crippen molar-refractivity contribution >= 4 is 36.5 Å². The molecule has 24 heavy (non-hydrogen) atoms. The van der Waals surface area contributed by atoms with E-state index in [-0.39, 0.29) is 16.5 Å². The smallest absolute Gasteiger partial charge is 0.294 e. The monoisotopic (exact) mass is 338 g/mol. The van der Waals surface area contributed by atoms with Gasteiger partial charge < -0.3 is 9.88 Å². The number of pyridine rings is 1. The number of benzene rings is 1. The lowest BCUT2D eigenvalue weighted by molar-refractivity contribution is 0.751. The Morgan fingerprint density at radius 1 is 1.25 bits per heavy atom. The van der Waals surface area contributed by atoms with Crippen molar-refractivity contribution in [2.24, 2.45) is 0 Å². The molecule has 0 fully saturated rings. The van der Waals surface area contributed by atoms with Crippen LogP contribution in [0, 0.1) is 6.92 Å². The molecule has 0 aliphatic carbocycles. The van der Waals surface area contributed by atoms with Crippen LogP contribution in [0.2, 0.25) is 5.15 Å². The van der Waals surface area contributed by atoms with Crippen LogP contribution in [-0.2, 0) is 6.54 Å². The third-order valence-electron chi connectivity index (χ3n) is 3.59. The Bertz CT molecular complexity index is 928. The van der Waals surface area contributed by atoms with Crippen LogP contribution >= 0.6 is 11.6 Å². The highest BCUT2D eigenvalue weighted by Crippen LogP contribution is 2.11. The van der Waals surface area contributed by atoms with E-state index < -0.39 is 0 Å². The van der Waals surface area contributed by atoms with E-state index in [0.29, 0.717) is 12.4 Å². The summed E-state index contributed by atoms with van der Waals surface area (Å²) in [6, 6.07) is 11.7. The van der Waals surface area contributed by atoms with Crippen molar-refractivity contribution in [3.05, 3.63) is 75.4 Å². The van der Waals surface area contributed by atoms with E-state index in [4.69, 9.17) is 11.6 Å². The Morgan fingerprint density at radius 2 is 2.00 bits per heavy atom. The Hall–Kier alpha value is -2.60. The van der Waals surface area contributed by atoms with Crippen LogP contribution in [-0.4, -0.2) is 22.4 Å². The van der Waals surface area contributed by atoms with Crippen LogP contribution in [0.15, 0.2) is 53.6 Å². The largest absolute Gasteiger partial charge is 0.321 e. The number of halogens is 1. The summed E-state index contributed by atoms with van der Waals surface area (Å²) in [7, 11) is 1.93. The Kier molecular flexibility index (Phi) is 4.67. The second-order valence-corrected chi connectivity index (χ2v) is 6.02. The van der Waals surface area contributed by atoms with Crippen molar-refractivity contribution in [1.29, 1.82) is 0 Å². The van der Waals surface area contributed by atoms with Gasteiger partial charge in [0.15, 0.2) is 5.82 Å². The van der Waals surface area contributed by atoms with Gasteiger partial charge in [-0.3, -0.25) is 4.79 Å². The molecule has 0 aliphatic rings. The first-order chi connectivity index (χ1) is 11.5. The highest BCUT2D eigenvalue weighted by Gasteiger charge is 2.10. The number of nitrogens with one attached hydrogen (secondary N) is 1. The highest BCUT2D eigenvalue weighted by molar-refractivity contribution is 6.35. The van der Waals surface area contributed by atoms with E-state index in [1.54, 1.807) is 6.20 Å². The lowest BCUT2D eigenvalue weighted by Crippen LogP contribution is -2.25. The van der Waals surface area contributed by atoms with E-state index in [0.717, 1.165) is 16.6 Å². The summed E-state index contributed by atoms with van der Waals surface area (Å²) in [4.78, 5) is 21.1. The summed E-state index contributed by atoms with van der Waals surface area (Å²) in [5.41, 5.74) is 2.76. The van der Waals surface area contributed by atoms with Gasteiger partial charge in [0.05, 0.1) is 6.54 Å². The lowest BCUT2D eigenvalue weighted by atomic mass is 9.96. The molecule has 5 nitrogen and oxygen atoms in total. The molecule has 0 amide bonds. The first kappa shape index (κ1) is 16.3. The van der Waals surface area contributed by atoms with Gasteiger partial charge in [-0.15, -0.1) is 0 Å². The van der Waals surface area contributed by atoms with Crippen molar-refractivity contribution in [1.82, 2.24) is 14.5 Å². The fourth-order valence-electron chi connectivity index (χ4n) is 2.44. The quantitative estimate of drug-likeness (QED) is 0.735. The minimum absolute atomic E-state index is 0.165. The molecule has 0 saturated carbocycles. The van der Waals surface area contributed by atoms with Crippen LogP contribution < -0.4 is 16.3 Å². The molecule has 0 spiro atoms. The molecule has 0 radical (unpaired) electrons. The fraction of sp³-hybridized carbons (Fsp3) is 0.118. The number of hydrogen-bond donors (Lipinski definition) is 1. The van der Waals surface area contributed by atoms with Crippen LogP contribution in [0.4, 0.5) is 11.6 Å². The van der Waals surface area contributed by atoms with Crippen molar-refractivity contribution in [3.8, 4) is 0 Å². The van der Waals surface area contributed by atoms with Gasteiger partial charge in [-0.1, -0.05) is 48.0 Å². The van der Waals surface area contributed by atoms with Crippen molar-refractivity contribution < 1.29 is 0 Å². The van der Waals surface area contributed by atoms with E-state index >= 15 is 0 Å². The Balaban J connectivity index is 1.95. The van der Waals surface area contributed by atoms with Gasteiger partial charge in [0.25, 0.3) is 5.56 Å². The first-order valence-electron chi connectivity index (χ1n) is 7.54. The molecule has 0 unspecified atom stereocenters. The number of rotatable bonds is 4. The number of aryl methyl sites for hydroxylation is 1. The van der Waals surface area contributed by atoms with Gasteiger partial charge in [0.1, 0.15) is 18.8 Å². The maximum Gasteiger partial charge on any atom is 0.294 e. The zero-order chi connectivity index (χ0) is 17.1. The van der Waals surface area contributed by atoms with Gasteiger partial charge in [-0.25, -0.2) is 9.97 Å². The van der Waals surface area contributed by atoms with Gasteiger partial charge in [0.2, 0.25) is 0 Å². The number of aromatic nitrogens is 3. The molecular formula is C17H16BClN4O. The summed E-state index contributed by atoms with van der Waals surface area (Å²) in [5, 5.41) is 3.24. The third-order valence-corrected chi connectivity index (χ3v) is 3.77. The molecule has 0 saturated heterocycles. The summed E-state index contributed by atoms with van der Waals surface area (Å²) < 4.78 is 1.54. The van der Waals surface area contributed by atoms with Crippen LogP contribution in [0.1, 0.15) is 11.1 Å². The topological polar surface area (TPSA) is 59.8 Å². The number of hydrogen-bond acceptors (Lipinski definition) is 4. The summed E-state index contributed by atoms with van der Waals surface area (Å²) in [5.74, 6) is 0.761. The maximum atomic E-state index is 12.7.